The summed E-state index contributed by atoms with van der Waals surface area (Å²) < 4.78 is 11.4. The summed E-state index contributed by atoms with van der Waals surface area (Å²) in [5.74, 6) is 0.588. The van der Waals surface area contributed by atoms with Gasteiger partial charge in [0.05, 0.1) is 13.1 Å². The van der Waals surface area contributed by atoms with Gasteiger partial charge in [0.25, 0.3) is 0 Å². The summed E-state index contributed by atoms with van der Waals surface area (Å²) in [6.07, 6.45) is 1.42. The average Bonchev–Trinajstić information content (AvgIpc) is 2.93. The number of nitrogens with zero attached hydrogens (tertiary/aromatic N) is 3. The van der Waals surface area contributed by atoms with Crippen LogP contribution in [0.2, 0.25) is 0 Å². The highest BCUT2D eigenvalue weighted by Crippen LogP contribution is 2.32. The number of anilines is 1. The Morgan fingerprint density at radius 1 is 1.23 bits per heavy atom. The Labute approximate surface area is 184 Å². The molecule has 2 amide bonds. The van der Waals surface area contributed by atoms with Gasteiger partial charge in [0.2, 0.25) is 5.91 Å². The van der Waals surface area contributed by atoms with Gasteiger partial charge in [0, 0.05) is 24.2 Å². The van der Waals surface area contributed by atoms with E-state index in [9.17, 15) is 9.59 Å². The number of aromatic nitrogens is 2. The number of carbonyl (C=O) groups is 2. The van der Waals surface area contributed by atoms with Crippen LogP contribution in [0.4, 0.5) is 9.93 Å². The van der Waals surface area contributed by atoms with Crippen LogP contribution >= 0.6 is 11.3 Å². The van der Waals surface area contributed by atoms with Crippen molar-refractivity contribution in [1.29, 1.82) is 0 Å². The molecule has 0 spiro atoms. The second-order valence-electron chi connectivity index (χ2n) is 8.32. The molecule has 0 aliphatic carbocycles. The Balaban J connectivity index is 1.61. The van der Waals surface area contributed by atoms with E-state index in [1.807, 2.05) is 45.0 Å². The zero-order valence-corrected chi connectivity index (χ0v) is 18.7. The molecule has 162 valence electrons. The molecule has 0 unspecified atom stereocenters. The topological polar surface area (TPSA) is 93.7 Å². The molecule has 9 heteroatoms. The summed E-state index contributed by atoms with van der Waals surface area (Å²) >= 11 is 1.33. The summed E-state index contributed by atoms with van der Waals surface area (Å²) in [6, 6.07) is 7.82. The molecule has 4 rings (SSSR count). The minimum atomic E-state index is -0.556. The minimum absolute atomic E-state index is 0.167. The van der Waals surface area contributed by atoms with Gasteiger partial charge in [-0.15, -0.1) is 0 Å². The maximum Gasteiger partial charge on any atom is 0.410 e. The Morgan fingerprint density at radius 3 is 2.77 bits per heavy atom. The fraction of sp³-hybridized carbons (Fsp3) is 0.364. The molecule has 1 aliphatic heterocycles. The highest BCUT2D eigenvalue weighted by atomic mass is 32.1. The maximum absolute atomic E-state index is 12.6. The van der Waals surface area contributed by atoms with Crippen molar-refractivity contribution < 1.29 is 19.1 Å². The number of carbonyl (C=O) groups excluding carboxylic acids is 2. The van der Waals surface area contributed by atoms with Gasteiger partial charge in [0.15, 0.2) is 5.13 Å². The molecule has 3 heterocycles. The summed E-state index contributed by atoms with van der Waals surface area (Å²) in [6.45, 7) is 8.26. The number of pyridine rings is 1. The molecule has 31 heavy (non-hydrogen) atoms. The Bertz CT molecular complexity index is 1150. The van der Waals surface area contributed by atoms with Crippen LogP contribution in [0.25, 0.3) is 21.5 Å². The number of thiazole rings is 1. The van der Waals surface area contributed by atoms with Crippen molar-refractivity contribution in [1.82, 2.24) is 14.9 Å². The molecule has 0 atom stereocenters. The maximum atomic E-state index is 12.6. The fourth-order valence-corrected chi connectivity index (χ4v) is 4.08. The zero-order valence-electron chi connectivity index (χ0n) is 17.9. The third-order valence-electron chi connectivity index (χ3n) is 4.56. The van der Waals surface area contributed by atoms with Crippen molar-refractivity contribution in [3.63, 3.8) is 0 Å². The first-order valence-electron chi connectivity index (χ1n) is 9.96. The van der Waals surface area contributed by atoms with Crippen molar-refractivity contribution in [3.05, 3.63) is 36.0 Å². The molecule has 1 aliphatic rings. The summed E-state index contributed by atoms with van der Waals surface area (Å²) in [7, 11) is 0. The first-order valence-corrected chi connectivity index (χ1v) is 10.8. The molecule has 1 aromatic carbocycles. The minimum Gasteiger partial charge on any atom is -0.491 e. The van der Waals surface area contributed by atoms with E-state index < -0.39 is 5.60 Å². The predicted octanol–water partition coefficient (Wildman–Crippen LogP) is 4.45. The van der Waals surface area contributed by atoms with E-state index in [-0.39, 0.29) is 12.0 Å². The van der Waals surface area contributed by atoms with Crippen LogP contribution in [-0.2, 0) is 16.1 Å². The SMILES string of the molecule is CC(=O)Nc1nc2cc(-c3ccc4c(c3)CN(C(=O)OC(C)(C)C)CCO4)cnc2s1. The molecule has 3 aromatic rings. The number of amides is 2. The van der Waals surface area contributed by atoms with Gasteiger partial charge in [0.1, 0.15) is 28.3 Å². The lowest BCUT2D eigenvalue weighted by molar-refractivity contribution is -0.114. The molecule has 0 saturated heterocycles. The zero-order chi connectivity index (χ0) is 22.2. The van der Waals surface area contributed by atoms with Crippen molar-refractivity contribution in [2.75, 3.05) is 18.5 Å². The number of rotatable bonds is 2. The van der Waals surface area contributed by atoms with Crippen molar-refractivity contribution in [3.8, 4) is 16.9 Å². The molecule has 0 radical (unpaired) electrons. The summed E-state index contributed by atoms with van der Waals surface area (Å²) in [5.41, 5.74) is 2.89. The number of nitrogens with one attached hydrogen (secondary N) is 1. The number of hydrogen-bond acceptors (Lipinski definition) is 7. The van der Waals surface area contributed by atoms with Gasteiger partial charge in [-0.05, 0) is 44.5 Å². The standard InChI is InChI=1S/C22H24N4O4S/c1-13(27)24-20-25-17-10-15(11-23-19(17)31-20)14-5-6-18-16(9-14)12-26(7-8-29-18)21(28)30-22(2,3)4/h5-6,9-11H,7-8,12H2,1-4H3,(H,24,25,27). The van der Waals surface area contributed by atoms with Crippen molar-refractivity contribution in [2.24, 2.45) is 0 Å². The second kappa shape index (κ2) is 8.14. The van der Waals surface area contributed by atoms with Crippen LogP contribution in [0.15, 0.2) is 30.5 Å². The van der Waals surface area contributed by atoms with Gasteiger partial charge < -0.3 is 19.7 Å². The van der Waals surface area contributed by atoms with E-state index in [4.69, 9.17) is 9.47 Å². The van der Waals surface area contributed by atoms with Crippen molar-refractivity contribution in [2.45, 2.75) is 39.8 Å². The fourth-order valence-electron chi connectivity index (χ4n) is 3.24. The number of fused-ring (bicyclic) bond motifs is 2. The lowest BCUT2D eigenvalue weighted by atomic mass is 10.0. The third kappa shape index (κ3) is 4.93. The quantitative estimate of drug-likeness (QED) is 0.633. The third-order valence-corrected chi connectivity index (χ3v) is 5.45. The normalized spacial score (nSPS) is 13.9. The first kappa shape index (κ1) is 21.0. The van der Waals surface area contributed by atoms with Crippen LogP contribution in [0, 0.1) is 0 Å². The molecule has 1 N–H and O–H groups in total. The van der Waals surface area contributed by atoms with Gasteiger partial charge in [-0.1, -0.05) is 17.4 Å². The van der Waals surface area contributed by atoms with E-state index >= 15 is 0 Å². The monoisotopic (exact) mass is 440 g/mol. The van der Waals surface area contributed by atoms with E-state index in [1.165, 1.54) is 18.3 Å². The van der Waals surface area contributed by atoms with Gasteiger partial charge in [-0.25, -0.2) is 14.8 Å². The molecular formula is C22H24N4O4S. The number of hydrogen-bond donors (Lipinski definition) is 1. The molecule has 0 saturated carbocycles. The van der Waals surface area contributed by atoms with Crippen LogP contribution in [0.5, 0.6) is 5.75 Å². The first-order chi connectivity index (χ1) is 14.7. The van der Waals surface area contributed by atoms with E-state index in [0.717, 1.165) is 27.3 Å². The molecule has 0 bridgehead atoms. The molecular weight excluding hydrogens is 416 g/mol. The smallest absolute Gasteiger partial charge is 0.410 e. The Kier molecular flexibility index (Phi) is 5.53. The highest BCUT2D eigenvalue weighted by Gasteiger charge is 2.25. The largest absolute Gasteiger partial charge is 0.491 e. The van der Waals surface area contributed by atoms with Crippen molar-refractivity contribution >= 4 is 38.8 Å². The van der Waals surface area contributed by atoms with Crippen LogP contribution in [-0.4, -0.2) is 45.6 Å². The summed E-state index contributed by atoms with van der Waals surface area (Å²) in [4.78, 5) is 35.2. The van der Waals surface area contributed by atoms with Crippen LogP contribution in [0.3, 0.4) is 0 Å². The lowest BCUT2D eigenvalue weighted by Gasteiger charge is -2.26. The average molecular weight is 441 g/mol. The lowest BCUT2D eigenvalue weighted by Crippen LogP contribution is -2.37. The number of ether oxygens (including phenoxy) is 2. The highest BCUT2D eigenvalue weighted by molar-refractivity contribution is 7.21. The van der Waals surface area contributed by atoms with Gasteiger partial charge in [-0.3, -0.25) is 4.79 Å². The van der Waals surface area contributed by atoms with E-state index in [2.05, 4.69) is 15.3 Å². The molecule has 8 nitrogen and oxygen atoms in total. The van der Waals surface area contributed by atoms with E-state index in [1.54, 1.807) is 11.1 Å². The molecule has 0 fully saturated rings. The Morgan fingerprint density at radius 2 is 2.03 bits per heavy atom. The second-order valence-corrected chi connectivity index (χ2v) is 9.30. The van der Waals surface area contributed by atoms with Gasteiger partial charge >= 0.3 is 6.09 Å². The van der Waals surface area contributed by atoms with Crippen LogP contribution in [0.1, 0.15) is 33.3 Å². The molecule has 2 aromatic heterocycles. The van der Waals surface area contributed by atoms with Crippen LogP contribution < -0.4 is 10.1 Å². The number of benzene rings is 1. The Hall–Kier alpha value is -3.20. The summed E-state index contributed by atoms with van der Waals surface area (Å²) in [5, 5.41) is 3.22. The van der Waals surface area contributed by atoms with Gasteiger partial charge in [-0.2, -0.15) is 0 Å². The van der Waals surface area contributed by atoms with E-state index in [0.29, 0.717) is 30.3 Å². The predicted molar refractivity (Wildman–Crippen MR) is 119 cm³/mol.